The quantitative estimate of drug-likeness (QED) is 0.857. The van der Waals surface area contributed by atoms with E-state index in [4.69, 9.17) is 4.74 Å². The Labute approximate surface area is 125 Å². The molecule has 8 heteroatoms. The van der Waals surface area contributed by atoms with Gasteiger partial charge in [-0.3, -0.25) is 0 Å². The average Bonchev–Trinajstić information content (AvgIpc) is 2.68. The van der Waals surface area contributed by atoms with Crippen LogP contribution in [0.5, 0.6) is 5.75 Å². The van der Waals surface area contributed by atoms with Crippen LogP contribution in [-0.4, -0.2) is 39.1 Å². The smallest absolute Gasteiger partial charge is 0.319 e. The predicted octanol–water partition coefficient (Wildman–Crippen LogP) is 1.77. The molecular weight excluding hydrogens is 348 g/mol. The monoisotopic (exact) mass is 362 g/mol. The zero-order valence-electron chi connectivity index (χ0n) is 10.8. The van der Waals surface area contributed by atoms with Crippen LogP contribution in [0.3, 0.4) is 0 Å². The first-order chi connectivity index (χ1) is 9.39. The molecule has 1 aromatic carbocycles. The Morgan fingerprint density at radius 1 is 1.45 bits per heavy atom. The molecule has 1 saturated heterocycles. The number of halogens is 1. The number of benzene rings is 1. The molecule has 1 heterocycles. The minimum Gasteiger partial charge on any atom is -0.495 e. The van der Waals surface area contributed by atoms with Crippen molar-refractivity contribution in [3.8, 4) is 5.75 Å². The molecule has 1 aliphatic heterocycles. The highest BCUT2D eigenvalue weighted by Gasteiger charge is 2.29. The van der Waals surface area contributed by atoms with Crippen LogP contribution < -0.4 is 15.4 Å². The molecular formula is C12H15BrN2O4S. The lowest BCUT2D eigenvalue weighted by atomic mass is 10.2. The molecule has 6 nitrogen and oxygen atoms in total. The maximum atomic E-state index is 11.9. The Morgan fingerprint density at radius 2 is 2.20 bits per heavy atom. The SMILES string of the molecule is COc1ccc(Br)cc1NC(=O)NC1CCS(=O)(=O)C1. The van der Waals surface area contributed by atoms with Crippen molar-refractivity contribution in [3.63, 3.8) is 0 Å². The van der Waals surface area contributed by atoms with Crippen molar-refractivity contribution in [2.24, 2.45) is 0 Å². The van der Waals surface area contributed by atoms with Gasteiger partial charge in [0.1, 0.15) is 5.75 Å². The number of nitrogens with one attached hydrogen (secondary N) is 2. The van der Waals surface area contributed by atoms with E-state index in [1.54, 1.807) is 18.2 Å². The Hall–Kier alpha value is -1.28. The molecule has 2 rings (SSSR count). The summed E-state index contributed by atoms with van der Waals surface area (Å²) >= 11 is 3.31. The van der Waals surface area contributed by atoms with Crippen LogP contribution in [0.4, 0.5) is 10.5 Å². The second kappa shape index (κ2) is 6.01. The van der Waals surface area contributed by atoms with E-state index in [2.05, 4.69) is 26.6 Å². The molecule has 1 aliphatic rings. The van der Waals surface area contributed by atoms with Gasteiger partial charge >= 0.3 is 6.03 Å². The lowest BCUT2D eigenvalue weighted by Crippen LogP contribution is -2.38. The molecule has 20 heavy (non-hydrogen) atoms. The third kappa shape index (κ3) is 3.86. The minimum absolute atomic E-state index is 0.00393. The Bertz CT molecular complexity index is 618. The van der Waals surface area contributed by atoms with E-state index in [1.807, 2.05) is 0 Å². The van der Waals surface area contributed by atoms with Crippen molar-refractivity contribution < 1.29 is 17.9 Å². The molecule has 2 amide bonds. The molecule has 0 saturated carbocycles. The summed E-state index contributed by atoms with van der Waals surface area (Å²) in [6, 6.07) is 4.45. The molecule has 0 aliphatic carbocycles. The zero-order valence-corrected chi connectivity index (χ0v) is 13.3. The molecule has 2 N–H and O–H groups in total. The molecule has 0 aromatic heterocycles. The summed E-state index contributed by atoms with van der Waals surface area (Å²) in [4.78, 5) is 11.9. The molecule has 1 aromatic rings. The fourth-order valence-corrected chi connectivity index (χ4v) is 4.06. The highest BCUT2D eigenvalue weighted by Crippen LogP contribution is 2.27. The fourth-order valence-electron chi connectivity index (χ4n) is 2.03. The first kappa shape index (κ1) is 15.1. The van der Waals surface area contributed by atoms with Crippen LogP contribution in [-0.2, 0) is 9.84 Å². The zero-order chi connectivity index (χ0) is 14.8. The summed E-state index contributed by atoms with van der Waals surface area (Å²) < 4.78 is 28.6. The highest BCUT2D eigenvalue weighted by molar-refractivity contribution is 9.10. The van der Waals surface area contributed by atoms with E-state index >= 15 is 0 Å². The molecule has 0 bridgehead atoms. The molecule has 1 atom stereocenters. The van der Waals surface area contributed by atoms with Crippen LogP contribution in [0.2, 0.25) is 0 Å². The van der Waals surface area contributed by atoms with E-state index in [0.29, 0.717) is 17.9 Å². The van der Waals surface area contributed by atoms with Crippen LogP contribution in [0.15, 0.2) is 22.7 Å². The Balaban J connectivity index is 2.00. The maximum Gasteiger partial charge on any atom is 0.319 e. The highest BCUT2D eigenvalue weighted by atomic mass is 79.9. The van der Waals surface area contributed by atoms with E-state index < -0.39 is 15.9 Å². The standard InChI is InChI=1S/C12H15BrN2O4S/c1-19-11-3-2-8(13)6-10(11)15-12(16)14-9-4-5-20(17,18)7-9/h2-3,6,9H,4-5,7H2,1H3,(H2,14,15,16). The number of urea groups is 1. The van der Waals surface area contributed by atoms with E-state index in [9.17, 15) is 13.2 Å². The summed E-state index contributed by atoms with van der Waals surface area (Å²) in [7, 11) is -1.50. The number of carbonyl (C=O) groups is 1. The number of carbonyl (C=O) groups excluding carboxylic acids is 1. The van der Waals surface area contributed by atoms with Gasteiger partial charge in [0.05, 0.1) is 24.3 Å². The van der Waals surface area contributed by atoms with Gasteiger partial charge in [0.25, 0.3) is 0 Å². The molecule has 0 spiro atoms. The number of sulfone groups is 1. The van der Waals surface area contributed by atoms with Crippen LogP contribution >= 0.6 is 15.9 Å². The number of ether oxygens (including phenoxy) is 1. The van der Waals surface area contributed by atoms with Crippen LogP contribution in [0.1, 0.15) is 6.42 Å². The van der Waals surface area contributed by atoms with Gasteiger partial charge in [-0.05, 0) is 24.6 Å². The summed E-state index contributed by atoms with van der Waals surface area (Å²) in [6.45, 7) is 0. The number of anilines is 1. The first-order valence-electron chi connectivity index (χ1n) is 6.01. The van der Waals surface area contributed by atoms with Crippen molar-refractivity contribution in [2.45, 2.75) is 12.5 Å². The second-order valence-electron chi connectivity index (χ2n) is 4.54. The van der Waals surface area contributed by atoms with Gasteiger partial charge < -0.3 is 15.4 Å². The van der Waals surface area contributed by atoms with Gasteiger partial charge in [-0.25, -0.2) is 13.2 Å². The lowest BCUT2D eigenvalue weighted by Gasteiger charge is -2.14. The van der Waals surface area contributed by atoms with Gasteiger partial charge in [-0.2, -0.15) is 0 Å². The first-order valence-corrected chi connectivity index (χ1v) is 8.62. The van der Waals surface area contributed by atoms with E-state index in [-0.39, 0.29) is 17.5 Å². The Morgan fingerprint density at radius 3 is 2.80 bits per heavy atom. The maximum absolute atomic E-state index is 11.9. The normalized spacial score (nSPS) is 20.4. The van der Waals surface area contributed by atoms with Crippen molar-refractivity contribution in [1.29, 1.82) is 0 Å². The van der Waals surface area contributed by atoms with Crippen LogP contribution in [0, 0.1) is 0 Å². The summed E-state index contributed by atoms with van der Waals surface area (Å²) in [5.74, 6) is 0.649. The molecule has 1 unspecified atom stereocenters. The van der Waals surface area contributed by atoms with Gasteiger partial charge in [0.2, 0.25) is 0 Å². The van der Waals surface area contributed by atoms with E-state index in [1.165, 1.54) is 7.11 Å². The van der Waals surface area contributed by atoms with Crippen molar-refractivity contribution in [3.05, 3.63) is 22.7 Å². The Kier molecular flexibility index (Phi) is 4.54. The molecule has 1 fully saturated rings. The third-order valence-electron chi connectivity index (χ3n) is 2.98. The second-order valence-corrected chi connectivity index (χ2v) is 7.69. The summed E-state index contributed by atoms with van der Waals surface area (Å²) in [5, 5.41) is 5.31. The van der Waals surface area contributed by atoms with Crippen molar-refractivity contribution in [2.75, 3.05) is 23.9 Å². The van der Waals surface area contributed by atoms with Gasteiger partial charge in [-0.1, -0.05) is 15.9 Å². The predicted molar refractivity (Wildman–Crippen MR) is 79.9 cm³/mol. The summed E-state index contributed by atoms with van der Waals surface area (Å²) in [6.07, 6.45) is 0.450. The minimum atomic E-state index is -3.01. The number of hydrogen-bond acceptors (Lipinski definition) is 4. The number of hydrogen-bond donors (Lipinski definition) is 2. The van der Waals surface area contributed by atoms with Crippen LogP contribution in [0.25, 0.3) is 0 Å². The number of rotatable bonds is 3. The lowest BCUT2D eigenvalue weighted by molar-refractivity contribution is 0.249. The van der Waals surface area contributed by atoms with Gasteiger partial charge in [-0.15, -0.1) is 0 Å². The van der Waals surface area contributed by atoms with Crippen molar-refractivity contribution in [1.82, 2.24) is 5.32 Å². The molecule has 0 radical (unpaired) electrons. The topological polar surface area (TPSA) is 84.5 Å². The van der Waals surface area contributed by atoms with E-state index in [0.717, 1.165) is 4.47 Å². The fraction of sp³-hybridized carbons (Fsp3) is 0.417. The number of methoxy groups -OCH3 is 1. The van der Waals surface area contributed by atoms with Crippen molar-refractivity contribution >= 4 is 37.5 Å². The number of amides is 2. The third-order valence-corrected chi connectivity index (χ3v) is 5.24. The summed E-state index contributed by atoms with van der Waals surface area (Å²) in [5.41, 5.74) is 0.514. The van der Waals surface area contributed by atoms with Gasteiger partial charge in [0.15, 0.2) is 9.84 Å². The van der Waals surface area contributed by atoms with Gasteiger partial charge in [0, 0.05) is 10.5 Å². The largest absolute Gasteiger partial charge is 0.495 e. The molecule has 110 valence electrons. The average molecular weight is 363 g/mol.